The van der Waals surface area contributed by atoms with Crippen molar-refractivity contribution in [2.75, 3.05) is 20.0 Å². The van der Waals surface area contributed by atoms with E-state index in [4.69, 9.17) is 15.2 Å². The van der Waals surface area contributed by atoms with E-state index in [1.54, 1.807) is 20.3 Å². The molecule has 0 aliphatic rings. The third-order valence-electron chi connectivity index (χ3n) is 4.48. The zero-order chi connectivity index (χ0) is 19.4. The highest BCUT2D eigenvalue weighted by molar-refractivity contribution is 5.85. The molecular weight excluding hydrogens is 338 g/mol. The van der Waals surface area contributed by atoms with Crippen LogP contribution in [0.3, 0.4) is 0 Å². The first-order valence-electron chi connectivity index (χ1n) is 8.64. The number of nitrogen functional groups attached to an aromatic ring is 1. The van der Waals surface area contributed by atoms with Crippen molar-refractivity contribution in [3.8, 4) is 40.0 Å². The molecule has 3 rings (SSSR count). The van der Waals surface area contributed by atoms with Gasteiger partial charge in [-0.25, -0.2) is 4.98 Å². The Morgan fingerprint density at radius 2 is 1.63 bits per heavy atom. The number of nitrogens with two attached hydrogens (primary N) is 1. The largest absolute Gasteiger partial charge is 0.497 e. The summed E-state index contributed by atoms with van der Waals surface area (Å²) in [4.78, 5) is 4.55. The maximum Gasteiger partial charge on any atom is 0.142 e. The standard InChI is InChI=1S/C22H21N3O2/c1-4-18-20(15-10-16(26-2)12-17(11-15)27-3)19(13-23)22(24)25-21(18)14-8-6-5-7-9-14/h5-12H,4H2,1-3H3,(H2,24,25). The Bertz CT molecular complexity index is 986. The molecule has 0 saturated heterocycles. The molecule has 27 heavy (non-hydrogen) atoms. The highest BCUT2D eigenvalue weighted by Gasteiger charge is 2.21. The minimum absolute atomic E-state index is 0.213. The van der Waals surface area contributed by atoms with E-state index in [9.17, 15) is 5.26 Å². The fourth-order valence-corrected chi connectivity index (χ4v) is 3.20. The fourth-order valence-electron chi connectivity index (χ4n) is 3.20. The van der Waals surface area contributed by atoms with Crippen LogP contribution in [0.1, 0.15) is 18.1 Å². The van der Waals surface area contributed by atoms with E-state index in [-0.39, 0.29) is 5.82 Å². The van der Waals surface area contributed by atoms with Crippen LogP contribution < -0.4 is 15.2 Å². The van der Waals surface area contributed by atoms with Crippen LogP contribution in [0.4, 0.5) is 5.82 Å². The molecule has 0 radical (unpaired) electrons. The van der Waals surface area contributed by atoms with Crippen molar-refractivity contribution in [1.82, 2.24) is 4.98 Å². The van der Waals surface area contributed by atoms with Gasteiger partial charge in [-0.05, 0) is 29.7 Å². The first-order valence-corrected chi connectivity index (χ1v) is 8.64. The number of hydrogen-bond donors (Lipinski definition) is 1. The lowest BCUT2D eigenvalue weighted by molar-refractivity contribution is 0.394. The molecule has 0 unspecified atom stereocenters. The molecule has 0 saturated carbocycles. The van der Waals surface area contributed by atoms with Crippen molar-refractivity contribution in [3.05, 3.63) is 59.7 Å². The van der Waals surface area contributed by atoms with E-state index in [2.05, 4.69) is 11.1 Å². The van der Waals surface area contributed by atoms with E-state index < -0.39 is 0 Å². The molecule has 0 aliphatic heterocycles. The highest BCUT2D eigenvalue weighted by Crippen LogP contribution is 2.39. The summed E-state index contributed by atoms with van der Waals surface area (Å²) in [5.41, 5.74) is 10.8. The fraction of sp³-hybridized carbons (Fsp3) is 0.182. The summed E-state index contributed by atoms with van der Waals surface area (Å²) in [6.45, 7) is 2.04. The second kappa shape index (κ2) is 7.79. The van der Waals surface area contributed by atoms with Crippen molar-refractivity contribution in [1.29, 1.82) is 5.26 Å². The van der Waals surface area contributed by atoms with Crippen LogP contribution in [0.25, 0.3) is 22.4 Å². The molecule has 1 heterocycles. The Labute approximate surface area is 159 Å². The molecule has 0 aliphatic carbocycles. The normalized spacial score (nSPS) is 10.3. The van der Waals surface area contributed by atoms with Crippen LogP contribution in [0.5, 0.6) is 11.5 Å². The second-order valence-electron chi connectivity index (χ2n) is 6.01. The number of nitrogens with zero attached hydrogens (tertiary/aromatic N) is 2. The molecule has 0 bridgehead atoms. The Kier molecular flexibility index (Phi) is 5.28. The molecule has 2 N–H and O–H groups in total. The minimum Gasteiger partial charge on any atom is -0.497 e. The summed E-state index contributed by atoms with van der Waals surface area (Å²) in [7, 11) is 3.20. The Balaban J connectivity index is 2.38. The average molecular weight is 359 g/mol. The molecule has 3 aromatic rings. The van der Waals surface area contributed by atoms with E-state index >= 15 is 0 Å². The molecule has 0 amide bonds. The van der Waals surface area contributed by atoms with Gasteiger partial charge in [-0.3, -0.25) is 0 Å². The third-order valence-corrected chi connectivity index (χ3v) is 4.48. The van der Waals surface area contributed by atoms with Gasteiger partial charge in [0, 0.05) is 17.2 Å². The SMILES string of the molecule is CCc1c(-c2ccccc2)nc(N)c(C#N)c1-c1cc(OC)cc(OC)c1. The van der Waals surface area contributed by atoms with E-state index in [0.29, 0.717) is 23.5 Å². The summed E-state index contributed by atoms with van der Waals surface area (Å²) in [5, 5.41) is 9.76. The lowest BCUT2D eigenvalue weighted by Crippen LogP contribution is -2.05. The van der Waals surface area contributed by atoms with Gasteiger partial charge >= 0.3 is 0 Å². The van der Waals surface area contributed by atoms with Crippen molar-refractivity contribution >= 4 is 5.82 Å². The van der Waals surface area contributed by atoms with Crippen LogP contribution in [0.15, 0.2) is 48.5 Å². The second-order valence-corrected chi connectivity index (χ2v) is 6.01. The average Bonchev–Trinajstić information content (AvgIpc) is 2.72. The van der Waals surface area contributed by atoms with Gasteiger partial charge in [-0.15, -0.1) is 0 Å². The number of aromatic nitrogens is 1. The minimum atomic E-state index is 0.213. The number of ether oxygens (including phenoxy) is 2. The molecule has 0 spiro atoms. The number of pyridine rings is 1. The molecule has 2 aromatic carbocycles. The van der Waals surface area contributed by atoms with Gasteiger partial charge < -0.3 is 15.2 Å². The molecular formula is C22H21N3O2. The van der Waals surface area contributed by atoms with Gasteiger partial charge in [-0.1, -0.05) is 37.3 Å². The number of anilines is 1. The first kappa shape index (κ1) is 18.3. The van der Waals surface area contributed by atoms with Crippen molar-refractivity contribution in [2.24, 2.45) is 0 Å². The number of rotatable bonds is 5. The number of nitriles is 1. The van der Waals surface area contributed by atoms with Gasteiger partial charge in [-0.2, -0.15) is 5.26 Å². The molecule has 0 fully saturated rings. The van der Waals surface area contributed by atoms with Crippen molar-refractivity contribution in [2.45, 2.75) is 13.3 Å². The number of hydrogen-bond acceptors (Lipinski definition) is 5. The Hall–Kier alpha value is -3.52. The van der Waals surface area contributed by atoms with Gasteiger partial charge in [0.25, 0.3) is 0 Å². The van der Waals surface area contributed by atoms with Gasteiger partial charge in [0.05, 0.1) is 19.9 Å². The van der Waals surface area contributed by atoms with Crippen molar-refractivity contribution in [3.63, 3.8) is 0 Å². The molecule has 0 atom stereocenters. The van der Waals surface area contributed by atoms with E-state index in [0.717, 1.165) is 27.9 Å². The molecule has 5 heteroatoms. The monoisotopic (exact) mass is 359 g/mol. The lowest BCUT2D eigenvalue weighted by Gasteiger charge is -2.18. The lowest BCUT2D eigenvalue weighted by atomic mass is 9.90. The quantitative estimate of drug-likeness (QED) is 0.728. The highest BCUT2D eigenvalue weighted by atomic mass is 16.5. The van der Waals surface area contributed by atoms with Crippen molar-refractivity contribution < 1.29 is 9.47 Å². The maximum absolute atomic E-state index is 9.76. The maximum atomic E-state index is 9.76. The van der Waals surface area contributed by atoms with Crippen LogP contribution in [0.2, 0.25) is 0 Å². The molecule has 136 valence electrons. The third kappa shape index (κ3) is 3.42. The summed E-state index contributed by atoms with van der Waals surface area (Å²) in [6.07, 6.45) is 0.695. The zero-order valence-electron chi connectivity index (χ0n) is 15.6. The van der Waals surface area contributed by atoms with E-state index in [1.807, 2.05) is 49.4 Å². The van der Waals surface area contributed by atoms with E-state index in [1.165, 1.54) is 0 Å². The van der Waals surface area contributed by atoms with Gasteiger partial charge in [0.2, 0.25) is 0 Å². The van der Waals surface area contributed by atoms with Crippen LogP contribution in [-0.4, -0.2) is 19.2 Å². The Morgan fingerprint density at radius 3 is 2.15 bits per heavy atom. The molecule has 5 nitrogen and oxygen atoms in total. The predicted molar refractivity (Wildman–Crippen MR) is 107 cm³/mol. The topological polar surface area (TPSA) is 81.2 Å². The summed E-state index contributed by atoms with van der Waals surface area (Å²) >= 11 is 0. The zero-order valence-corrected chi connectivity index (χ0v) is 15.6. The van der Waals surface area contributed by atoms with Gasteiger partial charge in [0.1, 0.15) is 28.9 Å². The Morgan fingerprint density at radius 1 is 1.00 bits per heavy atom. The van der Waals surface area contributed by atoms with Crippen LogP contribution in [0, 0.1) is 11.3 Å². The number of benzene rings is 2. The first-order chi connectivity index (χ1) is 13.1. The van der Waals surface area contributed by atoms with Gasteiger partial charge in [0.15, 0.2) is 0 Å². The summed E-state index contributed by atoms with van der Waals surface area (Å²) in [6, 6.07) is 17.6. The predicted octanol–water partition coefficient (Wildman–Crippen LogP) is 4.45. The molecule has 1 aromatic heterocycles. The number of methoxy groups -OCH3 is 2. The van der Waals surface area contributed by atoms with Crippen LogP contribution >= 0.6 is 0 Å². The summed E-state index contributed by atoms with van der Waals surface area (Å²) < 4.78 is 10.8. The smallest absolute Gasteiger partial charge is 0.142 e. The summed E-state index contributed by atoms with van der Waals surface area (Å²) in [5.74, 6) is 1.50. The van der Waals surface area contributed by atoms with Crippen LogP contribution in [-0.2, 0) is 6.42 Å².